The number of para-hydroxylation sites is 2. The van der Waals surface area contributed by atoms with Crippen molar-refractivity contribution in [1.82, 2.24) is 9.55 Å². The van der Waals surface area contributed by atoms with E-state index in [1.165, 1.54) is 6.92 Å². The molecule has 6 heteroatoms. The summed E-state index contributed by atoms with van der Waals surface area (Å²) in [5.74, 6) is -0.0954. The van der Waals surface area contributed by atoms with Gasteiger partial charge in [0.2, 0.25) is 5.91 Å². The number of hydrogen-bond donors (Lipinski definition) is 1. The summed E-state index contributed by atoms with van der Waals surface area (Å²) in [6.07, 6.45) is 1.64. The van der Waals surface area contributed by atoms with Crippen molar-refractivity contribution >= 4 is 33.8 Å². The first-order chi connectivity index (χ1) is 11.0. The summed E-state index contributed by atoms with van der Waals surface area (Å²) in [7, 11) is 0. The van der Waals surface area contributed by atoms with E-state index in [0.29, 0.717) is 11.7 Å². The van der Waals surface area contributed by atoms with E-state index in [0.717, 1.165) is 22.3 Å². The lowest BCUT2D eigenvalue weighted by Gasteiger charge is -2.10. The number of nitrogens with one attached hydrogen (secondary N) is 1. The Morgan fingerprint density at radius 2 is 1.91 bits per heavy atom. The number of nitrogens with zero attached hydrogens (tertiary/aromatic N) is 2. The summed E-state index contributed by atoms with van der Waals surface area (Å²) < 4.78 is 14.0. The van der Waals surface area contributed by atoms with Gasteiger partial charge in [-0.25, -0.2) is 0 Å². The van der Waals surface area contributed by atoms with E-state index < -0.39 is 11.2 Å². The Balaban J connectivity index is 1.94. The van der Waals surface area contributed by atoms with Crippen LogP contribution in [-0.4, -0.2) is 26.3 Å². The quantitative estimate of drug-likeness (QED) is 0.749. The monoisotopic (exact) mass is 327 g/mol. The molecule has 0 radical (unpaired) electrons. The third kappa shape index (κ3) is 3.38. The molecule has 0 aliphatic heterocycles. The number of carbonyl (C=O) groups excluding carboxylic acids is 1. The van der Waals surface area contributed by atoms with Crippen LogP contribution in [0.4, 0.5) is 5.69 Å². The second kappa shape index (κ2) is 6.44. The predicted octanol–water partition coefficient (Wildman–Crippen LogP) is 2.78. The van der Waals surface area contributed by atoms with Crippen LogP contribution in [-0.2, 0) is 22.5 Å². The van der Waals surface area contributed by atoms with Gasteiger partial charge in [-0.05, 0) is 29.8 Å². The molecule has 1 N–H and O–H groups in total. The molecule has 0 aliphatic carbocycles. The highest BCUT2D eigenvalue weighted by atomic mass is 32.2. The third-order valence-corrected chi connectivity index (χ3v) is 4.32. The zero-order chi connectivity index (χ0) is 16.4. The van der Waals surface area contributed by atoms with Gasteiger partial charge in [0.25, 0.3) is 0 Å². The summed E-state index contributed by atoms with van der Waals surface area (Å²) in [6, 6.07) is 15.4. The fourth-order valence-corrected chi connectivity index (χ4v) is 3.21. The van der Waals surface area contributed by atoms with E-state index in [1.54, 1.807) is 6.26 Å². The van der Waals surface area contributed by atoms with Crippen molar-refractivity contribution in [2.75, 3.05) is 11.6 Å². The molecule has 1 heterocycles. The standard InChI is InChI=1S/C17H17N3O2S/c1-12(21)18-14-9-7-13(8-10-14)11-20-16-6-4-3-5-15(16)19-17(20)23(2)22/h3-10H,11H2,1-2H3,(H,18,21)/t23-/m1/s1. The molecular weight excluding hydrogens is 310 g/mol. The highest BCUT2D eigenvalue weighted by Gasteiger charge is 2.18. The maximum atomic E-state index is 12.0. The molecule has 0 bridgehead atoms. The minimum absolute atomic E-state index is 0.0954. The lowest BCUT2D eigenvalue weighted by atomic mass is 10.2. The summed E-state index contributed by atoms with van der Waals surface area (Å²) in [4.78, 5) is 15.5. The highest BCUT2D eigenvalue weighted by Crippen LogP contribution is 2.21. The van der Waals surface area contributed by atoms with E-state index in [2.05, 4.69) is 10.3 Å². The van der Waals surface area contributed by atoms with Crippen molar-refractivity contribution < 1.29 is 9.35 Å². The van der Waals surface area contributed by atoms with Crippen molar-refractivity contribution in [3.8, 4) is 0 Å². The molecule has 1 aromatic heterocycles. The Morgan fingerprint density at radius 3 is 2.57 bits per heavy atom. The number of aromatic nitrogens is 2. The van der Waals surface area contributed by atoms with Crippen LogP contribution in [0, 0.1) is 0 Å². The fourth-order valence-electron chi connectivity index (χ4n) is 2.50. The molecule has 23 heavy (non-hydrogen) atoms. The first kappa shape index (κ1) is 15.6. The van der Waals surface area contributed by atoms with Gasteiger partial charge in [-0.2, -0.15) is 4.98 Å². The molecule has 0 spiro atoms. The molecule has 5 nitrogen and oxygen atoms in total. The summed E-state index contributed by atoms with van der Waals surface area (Å²) >= 11 is -1.16. The van der Waals surface area contributed by atoms with Crippen molar-refractivity contribution in [3.05, 3.63) is 54.1 Å². The van der Waals surface area contributed by atoms with E-state index in [9.17, 15) is 9.35 Å². The minimum Gasteiger partial charge on any atom is -0.609 e. The molecule has 0 aliphatic rings. The van der Waals surface area contributed by atoms with Gasteiger partial charge in [0.05, 0.1) is 17.6 Å². The highest BCUT2D eigenvalue weighted by molar-refractivity contribution is 7.90. The van der Waals surface area contributed by atoms with E-state index >= 15 is 0 Å². The summed E-state index contributed by atoms with van der Waals surface area (Å²) in [6.45, 7) is 2.06. The second-order valence-electron chi connectivity index (χ2n) is 5.30. The smallest absolute Gasteiger partial charge is 0.324 e. The molecule has 2 aromatic carbocycles. The SMILES string of the molecule is CC(=O)Nc1ccc(Cn2c([S@@+](C)[O-])nc3ccccc32)cc1. The molecule has 3 aromatic rings. The lowest BCUT2D eigenvalue weighted by molar-refractivity contribution is -0.114. The number of anilines is 1. The van der Waals surface area contributed by atoms with Gasteiger partial charge in [-0.1, -0.05) is 24.3 Å². The van der Waals surface area contributed by atoms with Gasteiger partial charge in [0.15, 0.2) is 0 Å². The molecule has 118 valence electrons. The molecule has 0 fully saturated rings. The van der Waals surface area contributed by atoms with Crippen LogP contribution in [0.25, 0.3) is 11.0 Å². The Kier molecular flexibility index (Phi) is 4.36. The maximum Gasteiger partial charge on any atom is 0.324 e. The van der Waals surface area contributed by atoms with E-state index in [-0.39, 0.29) is 5.91 Å². The normalized spacial score (nSPS) is 12.3. The first-order valence-electron chi connectivity index (χ1n) is 7.20. The molecule has 1 amide bonds. The Morgan fingerprint density at radius 1 is 1.22 bits per heavy atom. The van der Waals surface area contributed by atoms with Crippen molar-refractivity contribution in [2.45, 2.75) is 18.6 Å². The predicted molar refractivity (Wildman–Crippen MR) is 91.9 cm³/mol. The van der Waals surface area contributed by atoms with Gasteiger partial charge in [-0.15, -0.1) is 0 Å². The van der Waals surface area contributed by atoms with Gasteiger partial charge in [0, 0.05) is 23.8 Å². The van der Waals surface area contributed by atoms with Crippen LogP contribution in [0.15, 0.2) is 53.7 Å². The van der Waals surface area contributed by atoms with Crippen LogP contribution >= 0.6 is 0 Å². The Bertz CT molecular complexity index is 841. The van der Waals surface area contributed by atoms with Crippen LogP contribution in [0.2, 0.25) is 0 Å². The Labute approximate surface area is 137 Å². The number of hydrogen-bond acceptors (Lipinski definition) is 3. The van der Waals surface area contributed by atoms with E-state index in [1.807, 2.05) is 53.1 Å². The molecular formula is C17H17N3O2S. The number of rotatable bonds is 4. The lowest BCUT2D eigenvalue weighted by Crippen LogP contribution is -2.10. The van der Waals surface area contributed by atoms with Gasteiger partial charge in [0.1, 0.15) is 6.26 Å². The molecule has 3 rings (SSSR count). The fraction of sp³-hybridized carbons (Fsp3) is 0.176. The van der Waals surface area contributed by atoms with Gasteiger partial charge < -0.3 is 9.87 Å². The molecule has 0 saturated heterocycles. The number of imidazole rings is 1. The second-order valence-corrected chi connectivity index (χ2v) is 6.57. The largest absolute Gasteiger partial charge is 0.609 e. The zero-order valence-corrected chi connectivity index (χ0v) is 13.8. The summed E-state index contributed by atoms with van der Waals surface area (Å²) in [5.41, 5.74) is 3.61. The van der Waals surface area contributed by atoms with Crippen molar-refractivity contribution in [1.29, 1.82) is 0 Å². The van der Waals surface area contributed by atoms with Crippen LogP contribution < -0.4 is 5.32 Å². The minimum atomic E-state index is -1.16. The van der Waals surface area contributed by atoms with Crippen LogP contribution in [0.5, 0.6) is 0 Å². The molecule has 0 saturated carbocycles. The Hall–Kier alpha value is -2.31. The molecule has 0 unspecified atom stereocenters. The summed E-state index contributed by atoms with van der Waals surface area (Å²) in [5, 5.41) is 3.31. The van der Waals surface area contributed by atoms with Crippen LogP contribution in [0.3, 0.4) is 0 Å². The van der Waals surface area contributed by atoms with Crippen LogP contribution in [0.1, 0.15) is 12.5 Å². The molecule has 1 atom stereocenters. The zero-order valence-electron chi connectivity index (χ0n) is 12.9. The van der Waals surface area contributed by atoms with Gasteiger partial charge >= 0.3 is 5.16 Å². The first-order valence-corrected chi connectivity index (χ1v) is 8.75. The van der Waals surface area contributed by atoms with E-state index in [4.69, 9.17) is 0 Å². The average molecular weight is 327 g/mol. The number of benzene rings is 2. The average Bonchev–Trinajstić information content (AvgIpc) is 2.88. The van der Waals surface area contributed by atoms with Crippen molar-refractivity contribution in [2.24, 2.45) is 0 Å². The third-order valence-electron chi connectivity index (χ3n) is 3.49. The number of carbonyl (C=O) groups is 1. The maximum absolute atomic E-state index is 12.0. The topological polar surface area (TPSA) is 70.0 Å². The number of amides is 1. The number of fused-ring (bicyclic) bond motifs is 1. The van der Waals surface area contributed by atoms with Crippen molar-refractivity contribution in [3.63, 3.8) is 0 Å². The van der Waals surface area contributed by atoms with Gasteiger partial charge in [-0.3, -0.25) is 9.36 Å².